The van der Waals surface area contributed by atoms with Crippen LogP contribution in [0.4, 0.5) is 10.1 Å². The molecule has 0 saturated heterocycles. The lowest BCUT2D eigenvalue weighted by molar-refractivity contribution is 0.629. The molecule has 0 spiro atoms. The summed E-state index contributed by atoms with van der Waals surface area (Å²) in [5, 5.41) is 10.4. The van der Waals surface area contributed by atoms with Gasteiger partial charge < -0.3 is 9.88 Å². The fourth-order valence-corrected chi connectivity index (χ4v) is 3.59. The number of nitrogens with one attached hydrogen (secondary N) is 1. The van der Waals surface area contributed by atoms with E-state index in [1.165, 1.54) is 6.07 Å². The van der Waals surface area contributed by atoms with E-state index in [4.69, 9.17) is 0 Å². The molecule has 0 unspecified atom stereocenters. The number of fused-ring (bicyclic) bond motifs is 3. The summed E-state index contributed by atoms with van der Waals surface area (Å²) in [6.07, 6.45) is 0.844. The molecule has 1 aromatic carbocycles. The lowest BCUT2D eigenvalue weighted by Gasteiger charge is -2.30. The Hall–Kier alpha value is -2.87. The number of rotatable bonds is 1. The zero-order chi connectivity index (χ0) is 16.8. The number of aromatic nitrogens is 2. The number of hydrogen-bond acceptors (Lipinski definition) is 3. The van der Waals surface area contributed by atoms with Crippen molar-refractivity contribution in [2.45, 2.75) is 26.8 Å². The summed E-state index contributed by atoms with van der Waals surface area (Å²) in [7, 11) is 0. The minimum Gasteiger partial charge on any atom is -0.366 e. The summed E-state index contributed by atoms with van der Waals surface area (Å²) >= 11 is 0. The quantitative estimate of drug-likeness (QED) is 0.743. The Balaban J connectivity index is 1.81. The van der Waals surface area contributed by atoms with Crippen LogP contribution in [0.3, 0.4) is 0 Å². The first kappa shape index (κ1) is 14.7. The topological polar surface area (TPSA) is 55.7 Å². The van der Waals surface area contributed by atoms with Crippen molar-refractivity contribution in [2.75, 3.05) is 11.4 Å². The molecule has 120 valence electrons. The number of anilines is 1. The van der Waals surface area contributed by atoms with Crippen LogP contribution in [0.1, 0.15) is 28.2 Å². The summed E-state index contributed by atoms with van der Waals surface area (Å²) in [6.45, 7) is 5.29. The Morgan fingerprint density at radius 3 is 2.92 bits per heavy atom. The molecule has 0 radical (unpaired) electrons. The van der Waals surface area contributed by atoms with Crippen LogP contribution < -0.4 is 4.90 Å². The normalized spacial score (nSPS) is 13.8. The summed E-state index contributed by atoms with van der Waals surface area (Å²) in [4.78, 5) is 9.98. The molecular formula is C19H17FN4. The Labute approximate surface area is 139 Å². The first-order valence-electron chi connectivity index (χ1n) is 7.99. The van der Waals surface area contributed by atoms with E-state index in [0.29, 0.717) is 12.1 Å². The van der Waals surface area contributed by atoms with Gasteiger partial charge in [-0.2, -0.15) is 5.26 Å². The van der Waals surface area contributed by atoms with Gasteiger partial charge in [0.1, 0.15) is 11.9 Å². The van der Waals surface area contributed by atoms with E-state index in [0.717, 1.165) is 52.2 Å². The summed E-state index contributed by atoms with van der Waals surface area (Å²) < 4.78 is 13.7. The zero-order valence-electron chi connectivity index (χ0n) is 13.7. The van der Waals surface area contributed by atoms with Gasteiger partial charge in [0.05, 0.1) is 16.9 Å². The number of benzene rings is 1. The third-order valence-corrected chi connectivity index (χ3v) is 4.70. The highest BCUT2D eigenvalue weighted by molar-refractivity contribution is 5.85. The van der Waals surface area contributed by atoms with E-state index in [1.807, 2.05) is 19.9 Å². The molecule has 1 aliphatic heterocycles. The molecule has 0 aliphatic carbocycles. The number of hydrogen-bond donors (Lipinski definition) is 1. The fourth-order valence-electron chi connectivity index (χ4n) is 3.59. The molecule has 24 heavy (non-hydrogen) atoms. The molecule has 3 aromatic rings. The Morgan fingerprint density at radius 2 is 2.12 bits per heavy atom. The molecule has 0 fully saturated rings. The number of nitriles is 1. The zero-order valence-corrected chi connectivity index (χ0v) is 13.7. The maximum atomic E-state index is 13.7. The smallest absolute Gasteiger partial charge is 0.123 e. The summed E-state index contributed by atoms with van der Waals surface area (Å²) in [5.41, 5.74) is 6.43. The molecule has 4 rings (SSSR count). The van der Waals surface area contributed by atoms with Crippen LogP contribution in [-0.4, -0.2) is 16.5 Å². The molecule has 0 saturated carbocycles. The third-order valence-electron chi connectivity index (χ3n) is 4.70. The molecule has 0 bridgehead atoms. The van der Waals surface area contributed by atoms with Gasteiger partial charge in [-0.15, -0.1) is 0 Å². The van der Waals surface area contributed by atoms with E-state index < -0.39 is 0 Å². The van der Waals surface area contributed by atoms with Gasteiger partial charge in [-0.05, 0) is 38.1 Å². The molecule has 1 N–H and O–H groups in total. The average molecular weight is 320 g/mol. The predicted octanol–water partition coefficient (Wildman–Crippen LogP) is 3.75. The van der Waals surface area contributed by atoms with Crippen LogP contribution in [-0.2, 0) is 13.0 Å². The summed E-state index contributed by atoms with van der Waals surface area (Å²) in [5.74, 6) is -0.227. The maximum Gasteiger partial charge on any atom is 0.123 e. The van der Waals surface area contributed by atoms with Crippen molar-refractivity contribution >= 4 is 16.6 Å². The Kier molecular flexibility index (Phi) is 3.27. The van der Waals surface area contributed by atoms with E-state index in [-0.39, 0.29) is 5.82 Å². The van der Waals surface area contributed by atoms with Crippen LogP contribution in [0.25, 0.3) is 10.9 Å². The molecule has 3 heterocycles. The standard InChI is InChI=1S/C19H17FN4/c1-11-7-19(15(9-21)12(2)22-11)24-6-5-18-16(10-24)14-8-13(20)3-4-17(14)23-18/h3-4,7-8,23H,5-6,10H2,1-2H3. The van der Waals surface area contributed by atoms with Crippen molar-refractivity contribution < 1.29 is 4.39 Å². The largest absolute Gasteiger partial charge is 0.366 e. The fraction of sp³-hybridized carbons (Fsp3) is 0.263. The van der Waals surface area contributed by atoms with Crippen molar-refractivity contribution in [3.05, 3.63) is 58.3 Å². The van der Waals surface area contributed by atoms with Gasteiger partial charge >= 0.3 is 0 Å². The van der Waals surface area contributed by atoms with E-state index in [1.54, 1.807) is 12.1 Å². The van der Waals surface area contributed by atoms with Crippen molar-refractivity contribution in [1.29, 1.82) is 5.26 Å². The highest BCUT2D eigenvalue weighted by Crippen LogP contribution is 2.32. The van der Waals surface area contributed by atoms with E-state index in [9.17, 15) is 9.65 Å². The average Bonchev–Trinajstić information content (AvgIpc) is 2.91. The second-order valence-electron chi connectivity index (χ2n) is 6.30. The summed E-state index contributed by atoms with van der Waals surface area (Å²) in [6, 6.07) is 9.09. The third kappa shape index (κ3) is 2.23. The molecule has 1 aliphatic rings. The molecule has 0 amide bonds. The second kappa shape index (κ2) is 5.34. The highest BCUT2D eigenvalue weighted by Gasteiger charge is 2.23. The van der Waals surface area contributed by atoms with Crippen LogP contribution in [0, 0.1) is 31.0 Å². The molecular weight excluding hydrogens is 303 g/mol. The second-order valence-corrected chi connectivity index (χ2v) is 6.30. The SMILES string of the molecule is Cc1cc(N2CCc3[nH]c4ccc(F)cc4c3C2)c(C#N)c(C)n1. The highest BCUT2D eigenvalue weighted by atomic mass is 19.1. The molecule has 0 atom stereocenters. The van der Waals surface area contributed by atoms with Crippen molar-refractivity contribution in [3.8, 4) is 6.07 Å². The van der Waals surface area contributed by atoms with Crippen LogP contribution in [0.15, 0.2) is 24.3 Å². The van der Waals surface area contributed by atoms with Gasteiger partial charge in [0.2, 0.25) is 0 Å². The first-order chi connectivity index (χ1) is 11.6. The van der Waals surface area contributed by atoms with Crippen LogP contribution in [0.5, 0.6) is 0 Å². The van der Waals surface area contributed by atoms with Gasteiger partial charge in [-0.3, -0.25) is 4.98 Å². The van der Waals surface area contributed by atoms with E-state index >= 15 is 0 Å². The molecule has 2 aromatic heterocycles. The van der Waals surface area contributed by atoms with Gasteiger partial charge in [0, 0.05) is 47.4 Å². The van der Waals surface area contributed by atoms with Crippen LogP contribution in [0.2, 0.25) is 0 Å². The molecule has 5 heteroatoms. The number of aryl methyl sites for hydroxylation is 2. The Morgan fingerprint density at radius 1 is 1.29 bits per heavy atom. The van der Waals surface area contributed by atoms with Crippen molar-refractivity contribution in [1.82, 2.24) is 9.97 Å². The van der Waals surface area contributed by atoms with Crippen LogP contribution >= 0.6 is 0 Å². The van der Waals surface area contributed by atoms with Gasteiger partial charge in [-0.1, -0.05) is 0 Å². The van der Waals surface area contributed by atoms with Crippen molar-refractivity contribution in [3.63, 3.8) is 0 Å². The van der Waals surface area contributed by atoms with Gasteiger partial charge in [0.25, 0.3) is 0 Å². The van der Waals surface area contributed by atoms with Gasteiger partial charge in [0.15, 0.2) is 0 Å². The minimum absolute atomic E-state index is 0.227. The number of H-pyrrole nitrogens is 1. The first-order valence-corrected chi connectivity index (χ1v) is 7.99. The number of aromatic amines is 1. The minimum atomic E-state index is -0.227. The maximum absolute atomic E-state index is 13.7. The number of halogens is 1. The predicted molar refractivity (Wildman–Crippen MR) is 91.4 cm³/mol. The van der Waals surface area contributed by atoms with Gasteiger partial charge in [-0.25, -0.2) is 4.39 Å². The lowest BCUT2D eigenvalue weighted by atomic mass is 10.0. The lowest BCUT2D eigenvalue weighted by Crippen LogP contribution is -2.31. The van der Waals surface area contributed by atoms with E-state index in [2.05, 4.69) is 20.9 Å². The molecule has 4 nitrogen and oxygen atoms in total. The number of nitrogens with zero attached hydrogens (tertiary/aromatic N) is 3. The monoisotopic (exact) mass is 320 g/mol. The number of pyridine rings is 1. The Bertz CT molecular complexity index is 997. The van der Waals surface area contributed by atoms with Crippen molar-refractivity contribution in [2.24, 2.45) is 0 Å².